The van der Waals surface area contributed by atoms with Gasteiger partial charge in [-0.05, 0) is 34.9 Å². The molecule has 2 aromatic heterocycles. The van der Waals surface area contributed by atoms with Crippen LogP contribution in [0.15, 0.2) is 29.1 Å². The summed E-state index contributed by atoms with van der Waals surface area (Å²) in [5, 5.41) is 10.9. The number of hydrogen-bond acceptors (Lipinski definition) is 4. The minimum atomic E-state index is -0.0525. The van der Waals surface area contributed by atoms with Gasteiger partial charge in [0.05, 0.1) is 0 Å². The van der Waals surface area contributed by atoms with Gasteiger partial charge in [0, 0.05) is 12.7 Å². The fraction of sp³-hybridized carbons (Fsp3) is 0.273. The van der Waals surface area contributed by atoms with Crippen molar-refractivity contribution < 1.29 is 4.79 Å². The number of hydrogen-bond donors (Lipinski definition) is 2. The number of nitrogens with zero attached hydrogens (tertiary/aromatic N) is 2. The van der Waals surface area contributed by atoms with Crippen LogP contribution in [0.25, 0.3) is 0 Å². The maximum atomic E-state index is 11.5. The number of nitrogen functional groups attached to an aromatic ring is 1. The molecule has 3 N–H and O–H groups in total. The molecule has 0 aliphatic rings. The monoisotopic (exact) mass is 250 g/mol. The number of nitrogens with one attached hydrogen (secondary N) is 1. The summed E-state index contributed by atoms with van der Waals surface area (Å²) < 4.78 is 1.52. The van der Waals surface area contributed by atoms with Crippen molar-refractivity contribution in [2.24, 2.45) is 0 Å². The Morgan fingerprint density at radius 2 is 2.41 bits per heavy atom. The van der Waals surface area contributed by atoms with Gasteiger partial charge in [-0.3, -0.25) is 9.48 Å². The van der Waals surface area contributed by atoms with Crippen LogP contribution in [0.2, 0.25) is 0 Å². The van der Waals surface area contributed by atoms with Crippen molar-refractivity contribution in [1.29, 1.82) is 0 Å². The Morgan fingerprint density at radius 1 is 1.53 bits per heavy atom. The molecule has 1 amide bonds. The third kappa shape index (κ3) is 3.60. The second-order valence-corrected chi connectivity index (χ2v) is 4.45. The summed E-state index contributed by atoms with van der Waals surface area (Å²) in [6, 6.07) is 3.73. The highest BCUT2D eigenvalue weighted by molar-refractivity contribution is 7.07. The first-order valence-corrected chi connectivity index (χ1v) is 6.25. The third-order valence-corrected chi connectivity index (χ3v) is 3.01. The molecule has 0 radical (unpaired) electrons. The van der Waals surface area contributed by atoms with Gasteiger partial charge in [0.1, 0.15) is 12.4 Å². The Hall–Kier alpha value is -1.82. The molecule has 5 nitrogen and oxygen atoms in total. The number of nitrogens with two attached hydrogens (primary N) is 1. The van der Waals surface area contributed by atoms with E-state index in [0.717, 1.165) is 6.42 Å². The zero-order valence-electron chi connectivity index (χ0n) is 9.30. The van der Waals surface area contributed by atoms with Gasteiger partial charge in [0.25, 0.3) is 0 Å². The Labute approximate surface area is 103 Å². The van der Waals surface area contributed by atoms with Crippen molar-refractivity contribution in [3.05, 3.63) is 34.7 Å². The summed E-state index contributed by atoms with van der Waals surface area (Å²) in [7, 11) is 0. The maximum Gasteiger partial charge on any atom is 0.241 e. The van der Waals surface area contributed by atoms with Crippen LogP contribution in [-0.2, 0) is 17.8 Å². The molecule has 2 rings (SSSR count). The fourth-order valence-electron chi connectivity index (χ4n) is 1.45. The lowest BCUT2D eigenvalue weighted by molar-refractivity contribution is -0.121. The SMILES string of the molecule is Nc1ccn(CC(=O)NCCc2ccsc2)n1. The van der Waals surface area contributed by atoms with Crippen molar-refractivity contribution in [3.8, 4) is 0 Å². The average Bonchev–Trinajstić information content (AvgIpc) is 2.90. The molecule has 0 saturated carbocycles. The molecule has 0 atom stereocenters. The van der Waals surface area contributed by atoms with Gasteiger partial charge in [-0.25, -0.2) is 0 Å². The quantitative estimate of drug-likeness (QED) is 0.827. The topological polar surface area (TPSA) is 72.9 Å². The smallest absolute Gasteiger partial charge is 0.241 e. The molecule has 0 saturated heterocycles. The molecule has 0 fully saturated rings. The molecule has 2 aromatic rings. The van der Waals surface area contributed by atoms with Crippen molar-refractivity contribution >= 4 is 23.1 Å². The molecule has 0 bridgehead atoms. The van der Waals surface area contributed by atoms with Crippen LogP contribution in [0, 0.1) is 0 Å². The lowest BCUT2D eigenvalue weighted by Gasteiger charge is -2.04. The van der Waals surface area contributed by atoms with E-state index in [-0.39, 0.29) is 12.5 Å². The molecule has 0 unspecified atom stereocenters. The third-order valence-electron chi connectivity index (χ3n) is 2.28. The lowest BCUT2D eigenvalue weighted by Crippen LogP contribution is -2.29. The van der Waals surface area contributed by atoms with E-state index in [1.807, 2.05) is 5.38 Å². The van der Waals surface area contributed by atoms with Gasteiger partial charge in [0.15, 0.2) is 0 Å². The predicted octanol–water partition coefficient (Wildman–Crippen LogP) is 0.886. The second-order valence-electron chi connectivity index (χ2n) is 3.67. The highest BCUT2D eigenvalue weighted by Gasteiger charge is 2.03. The standard InChI is InChI=1S/C11H14N4OS/c12-10-2-5-15(14-10)7-11(16)13-4-1-9-3-6-17-8-9/h2-3,5-6,8H,1,4,7H2,(H2,12,14)(H,13,16). The summed E-state index contributed by atoms with van der Waals surface area (Å²) in [4.78, 5) is 11.5. The van der Waals surface area contributed by atoms with Crippen molar-refractivity contribution in [2.75, 3.05) is 12.3 Å². The number of amides is 1. The van der Waals surface area contributed by atoms with Crippen LogP contribution >= 0.6 is 11.3 Å². The molecule has 17 heavy (non-hydrogen) atoms. The maximum absolute atomic E-state index is 11.5. The van der Waals surface area contributed by atoms with Gasteiger partial charge >= 0.3 is 0 Å². The highest BCUT2D eigenvalue weighted by Crippen LogP contribution is 2.05. The number of carbonyl (C=O) groups excluding carboxylic acids is 1. The van der Waals surface area contributed by atoms with Crippen LogP contribution in [0.4, 0.5) is 5.82 Å². The van der Waals surface area contributed by atoms with E-state index >= 15 is 0 Å². The summed E-state index contributed by atoms with van der Waals surface area (Å²) in [6.07, 6.45) is 2.55. The zero-order valence-corrected chi connectivity index (χ0v) is 10.1. The van der Waals surface area contributed by atoms with Gasteiger partial charge in [-0.1, -0.05) is 0 Å². The van der Waals surface area contributed by atoms with Gasteiger partial charge in [0.2, 0.25) is 5.91 Å². The van der Waals surface area contributed by atoms with E-state index in [0.29, 0.717) is 12.4 Å². The van der Waals surface area contributed by atoms with E-state index in [2.05, 4.69) is 21.9 Å². The molecule has 90 valence electrons. The molecule has 0 aliphatic heterocycles. The molecule has 0 aliphatic carbocycles. The van der Waals surface area contributed by atoms with Crippen LogP contribution in [0.1, 0.15) is 5.56 Å². The first kappa shape index (κ1) is 11.7. The van der Waals surface area contributed by atoms with Gasteiger partial charge < -0.3 is 11.1 Å². The first-order valence-electron chi connectivity index (χ1n) is 5.31. The van der Waals surface area contributed by atoms with E-state index < -0.39 is 0 Å². The average molecular weight is 250 g/mol. The predicted molar refractivity (Wildman–Crippen MR) is 67.7 cm³/mol. The summed E-state index contributed by atoms with van der Waals surface area (Å²) in [6.45, 7) is 0.854. The van der Waals surface area contributed by atoms with Crippen LogP contribution in [-0.4, -0.2) is 22.2 Å². The molecule has 2 heterocycles. The minimum absolute atomic E-state index is 0.0525. The minimum Gasteiger partial charge on any atom is -0.382 e. The van der Waals surface area contributed by atoms with E-state index in [1.54, 1.807) is 23.6 Å². The Balaban J connectivity index is 1.71. The summed E-state index contributed by atoms with van der Waals surface area (Å²) in [5.74, 6) is 0.374. The van der Waals surface area contributed by atoms with Gasteiger partial charge in [-0.15, -0.1) is 0 Å². The number of aromatic nitrogens is 2. The van der Waals surface area contributed by atoms with Gasteiger partial charge in [-0.2, -0.15) is 16.4 Å². The zero-order chi connectivity index (χ0) is 12.1. The fourth-order valence-corrected chi connectivity index (χ4v) is 2.15. The largest absolute Gasteiger partial charge is 0.382 e. The molecule has 0 aromatic carbocycles. The van der Waals surface area contributed by atoms with Crippen LogP contribution in [0.3, 0.4) is 0 Å². The molecular weight excluding hydrogens is 236 g/mol. The Bertz CT molecular complexity index is 477. The van der Waals surface area contributed by atoms with Crippen molar-refractivity contribution in [2.45, 2.75) is 13.0 Å². The molecule has 6 heteroatoms. The second kappa shape index (κ2) is 5.49. The van der Waals surface area contributed by atoms with E-state index in [4.69, 9.17) is 5.73 Å². The van der Waals surface area contributed by atoms with Crippen molar-refractivity contribution in [1.82, 2.24) is 15.1 Å². The number of carbonyl (C=O) groups is 1. The molecule has 0 spiro atoms. The summed E-state index contributed by atoms with van der Waals surface area (Å²) in [5.41, 5.74) is 6.70. The van der Waals surface area contributed by atoms with Crippen LogP contribution in [0.5, 0.6) is 0 Å². The van der Waals surface area contributed by atoms with Crippen molar-refractivity contribution in [3.63, 3.8) is 0 Å². The van der Waals surface area contributed by atoms with E-state index in [1.165, 1.54) is 10.2 Å². The Morgan fingerprint density at radius 3 is 3.06 bits per heavy atom. The van der Waals surface area contributed by atoms with E-state index in [9.17, 15) is 4.79 Å². The lowest BCUT2D eigenvalue weighted by atomic mass is 10.2. The first-order chi connectivity index (χ1) is 8.24. The van der Waals surface area contributed by atoms with Crippen LogP contribution < -0.4 is 11.1 Å². The molecular formula is C11H14N4OS. The summed E-state index contributed by atoms with van der Waals surface area (Å²) >= 11 is 1.66. The normalized spacial score (nSPS) is 10.4. The number of thiophene rings is 1. The Kier molecular flexibility index (Phi) is 3.77. The number of rotatable bonds is 5. The number of anilines is 1. The highest BCUT2D eigenvalue weighted by atomic mass is 32.1.